The molecule has 4 nitrogen and oxygen atoms in total. The van der Waals surface area contributed by atoms with E-state index in [1.807, 2.05) is 13.8 Å². The maximum Gasteiger partial charge on any atom is 0.111 e. The fraction of sp³-hybridized carbons (Fsp3) is 0.571. The van der Waals surface area contributed by atoms with Crippen LogP contribution in [0, 0.1) is 0 Å². The summed E-state index contributed by atoms with van der Waals surface area (Å²) in [6, 6.07) is 0.289. The molecule has 0 spiro atoms. The quantitative estimate of drug-likeness (QED) is 0.655. The van der Waals surface area contributed by atoms with Crippen molar-refractivity contribution in [2.75, 3.05) is 5.73 Å². The summed E-state index contributed by atoms with van der Waals surface area (Å²) in [5, 5.41) is 12.8. The summed E-state index contributed by atoms with van der Waals surface area (Å²) in [6.07, 6.45) is 1.73. The van der Waals surface area contributed by atoms with Gasteiger partial charge in [-0.3, -0.25) is 4.68 Å². The molecule has 0 bridgehead atoms. The smallest absolute Gasteiger partial charge is 0.111 e. The lowest BCUT2D eigenvalue weighted by molar-refractivity contribution is 0.275. The third-order valence-corrected chi connectivity index (χ3v) is 1.52. The highest BCUT2D eigenvalue weighted by Crippen LogP contribution is 2.12. The highest BCUT2D eigenvalue weighted by molar-refractivity contribution is 5.40. The van der Waals surface area contributed by atoms with Gasteiger partial charge in [-0.1, -0.05) is 0 Å². The standard InChI is InChI=1S/C7H13N3O/c1-5(2)10-3-6(8)7(4-11)9-10/h3,5,11H,4,8H2,1-2H3. The first-order valence-corrected chi connectivity index (χ1v) is 3.59. The van der Waals surface area contributed by atoms with Crippen molar-refractivity contribution in [3.05, 3.63) is 11.9 Å². The van der Waals surface area contributed by atoms with Gasteiger partial charge < -0.3 is 10.8 Å². The summed E-state index contributed by atoms with van der Waals surface area (Å²) < 4.78 is 1.74. The average Bonchev–Trinajstić information content (AvgIpc) is 2.31. The van der Waals surface area contributed by atoms with Gasteiger partial charge in [0.25, 0.3) is 0 Å². The van der Waals surface area contributed by atoms with Crippen LogP contribution in [0.2, 0.25) is 0 Å². The molecule has 1 rings (SSSR count). The average molecular weight is 155 g/mol. The van der Waals surface area contributed by atoms with Crippen LogP contribution in [0.4, 0.5) is 5.69 Å². The zero-order valence-corrected chi connectivity index (χ0v) is 6.78. The Morgan fingerprint density at radius 1 is 1.73 bits per heavy atom. The van der Waals surface area contributed by atoms with Gasteiger partial charge in [-0.2, -0.15) is 5.10 Å². The molecule has 0 amide bonds. The molecule has 4 heteroatoms. The molecule has 11 heavy (non-hydrogen) atoms. The van der Waals surface area contributed by atoms with Crippen molar-refractivity contribution in [3.8, 4) is 0 Å². The summed E-state index contributed by atoms with van der Waals surface area (Å²) in [7, 11) is 0. The van der Waals surface area contributed by atoms with E-state index < -0.39 is 0 Å². The molecule has 0 saturated heterocycles. The van der Waals surface area contributed by atoms with E-state index in [-0.39, 0.29) is 12.6 Å². The Balaban J connectivity index is 2.95. The Hall–Kier alpha value is -1.03. The molecular formula is C7H13N3O. The molecule has 3 N–H and O–H groups in total. The predicted molar refractivity (Wildman–Crippen MR) is 42.9 cm³/mol. The number of hydrogen-bond donors (Lipinski definition) is 2. The minimum Gasteiger partial charge on any atom is -0.396 e. The lowest BCUT2D eigenvalue weighted by Gasteiger charge is -2.02. The van der Waals surface area contributed by atoms with E-state index in [0.29, 0.717) is 11.4 Å². The maximum atomic E-state index is 8.76. The second-order valence-corrected chi connectivity index (χ2v) is 2.76. The summed E-state index contributed by atoms with van der Waals surface area (Å²) >= 11 is 0. The summed E-state index contributed by atoms with van der Waals surface area (Å²) in [4.78, 5) is 0. The number of rotatable bonds is 2. The lowest BCUT2D eigenvalue weighted by atomic mass is 10.4. The van der Waals surface area contributed by atoms with Crippen molar-refractivity contribution in [2.45, 2.75) is 26.5 Å². The number of aliphatic hydroxyl groups is 1. The van der Waals surface area contributed by atoms with Gasteiger partial charge in [-0.05, 0) is 13.8 Å². The van der Waals surface area contributed by atoms with E-state index in [1.54, 1.807) is 10.9 Å². The van der Waals surface area contributed by atoms with Crippen molar-refractivity contribution in [2.24, 2.45) is 0 Å². The molecule has 1 heterocycles. The largest absolute Gasteiger partial charge is 0.396 e. The SMILES string of the molecule is CC(C)n1cc(N)c(CO)n1. The van der Waals surface area contributed by atoms with E-state index in [0.717, 1.165) is 0 Å². The third-order valence-electron chi connectivity index (χ3n) is 1.52. The fourth-order valence-electron chi connectivity index (χ4n) is 0.830. The van der Waals surface area contributed by atoms with E-state index in [9.17, 15) is 0 Å². The second-order valence-electron chi connectivity index (χ2n) is 2.76. The molecule has 0 unspecified atom stereocenters. The van der Waals surface area contributed by atoms with Crippen molar-refractivity contribution in [1.82, 2.24) is 9.78 Å². The first kappa shape index (κ1) is 8.07. The molecule has 1 aromatic heterocycles. The minimum absolute atomic E-state index is 0.0917. The van der Waals surface area contributed by atoms with Crippen molar-refractivity contribution in [3.63, 3.8) is 0 Å². The molecule has 1 aromatic rings. The highest BCUT2D eigenvalue weighted by Gasteiger charge is 2.05. The maximum absolute atomic E-state index is 8.76. The second kappa shape index (κ2) is 2.92. The van der Waals surface area contributed by atoms with Crippen LogP contribution in [-0.4, -0.2) is 14.9 Å². The number of nitrogens with two attached hydrogens (primary N) is 1. The monoisotopic (exact) mass is 155 g/mol. The number of nitrogens with zero attached hydrogens (tertiary/aromatic N) is 2. The topological polar surface area (TPSA) is 64.1 Å². The highest BCUT2D eigenvalue weighted by atomic mass is 16.3. The molecule has 62 valence electrons. The van der Waals surface area contributed by atoms with Crippen LogP contribution in [0.5, 0.6) is 0 Å². The van der Waals surface area contributed by atoms with Crippen LogP contribution < -0.4 is 5.73 Å². The molecule has 0 aromatic carbocycles. The first-order chi connectivity index (χ1) is 5.15. The Labute approximate surface area is 65.6 Å². The Kier molecular flexibility index (Phi) is 2.14. The van der Waals surface area contributed by atoms with E-state index in [2.05, 4.69) is 5.10 Å². The van der Waals surface area contributed by atoms with Gasteiger partial charge >= 0.3 is 0 Å². The number of nitrogen functional groups attached to an aromatic ring is 1. The van der Waals surface area contributed by atoms with E-state index in [1.165, 1.54) is 0 Å². The van der Waals surface area contributed by atoms with Gasteiger partial charge in [0.2, 0.25) is 0 Å². The Bertz CT molecular complexity index is 242. The summed E-state index contributed by atoms with van der Waals surface area (Å²) in [6.45, 7) is 3.92. The molecule has 0 aliphatic heterocycles. The zero-order chi connectivity index (χ0) is 8.43. The van der Waals surface area contributed by atoms with Gasteiger partial charge in [0, 0.05) is 12.2 Å². The fourth-order valence-corrected chi connectivity index (χ4v) is 0.830. The lowest BCUT2D eigenvalue weighted by Crippen LogP contribution is -2.01. The van der Waals surface area contributed by atoms with Gasteiger partial charge in [0.1, 0.15) is 5.69 Å². The van der Waals surface area contributed by atoms with Crippen LogP contribution in [-0.2, 0) is 6.61 Å². The molecule has 0 atom stereocenters. The Morgan fingerprint density at radius 2 is 2.36 bits per heavy atom. The number of aromatic nitrogens is 2. The summed E-state index contributed by atoms with van der Waals surface area (Å²) in [5.74, 6) is 0. The number of hydrogen-bond acceptors (Lipinski definition) is 3. The molecule has 0 radical (unpaired) electrons. The van der Waals surface area contributed by atoms with Gasteiger partial charge in [-0.15, -0.1) is 0 Å². The minimum atomic E-state index is -0.0917. The first-order valence-electron chi connectivity index (χ1n) is 3.59. The molecule has 0 saturated carbocycles. The van der Waals surface area contributed by atoms with Crippen LogP contribution in [0.15, 0.2) is 6.20 Å². The van der Waals surface area contributed by atoms with Crippen molar-refractivity contribution < 1.29 is 5.11 Å². The molecule has 0 aliphatic carbocycles. The zero-order valence-electron chi connectivity index (χ0n) is 6.78. The van der Waals surface area contributed by atoms with Gasteiger partial charge in [0.05, 0.1) is 12.3 Å². The van der Waals surface area contributed by atoms with Crippen molar-refractivity contribution in [1.29, 1.82) is 0 Å². The third kappa shape index (κ3) is 1.51. The number of anilines is 1. The Morgan fingerprint density at radius 3 is 2.64 bits per heavy atom. The van der Waals surface area contributed by atoms with Gasteiger partial charge in [-0.25, -0.2) is 0 Å². The van der Waals surface area contributed by atoms with Gasteiger partial charge in [0.15, 0.2) is 0 Å². The van der Waals surface area contributed by atoms with Crippen LogP contribution in [0.3, 0.4) is 0 Å². The van der Waals surface area contributed by atoms with E-state index >= 15 is 0 Å². The molecule has 0 fully saturated rings. The number of aliphatic hydroxyl groups excluding tert-OH is 1. The molecule has 0 aliphatic rings. The normalized spacial score (nSPS) is 10.9. The summed E-state index contributed by atoms with van der Waals surface area (Å²) in [5.41, 5.74) is 6.66. The van der Waals surface area contributed by atoms with Crippen LogP contribution >= 0.6 is 0 Å². The van der Waals surface area contributed by atoms with E-state index in [4.69, 9.17) is 10.8 Å². The predicted octanol–water partition coefficient (Wildman–Crippen LogP) is 0.539. The van der Waals surface area contributed by atoms with Crippen molar-refractivity contribution >= 4 is 5.69 Å². The molecular weight excluding hydrogens is 142 g/mol. The van der Waals surface area contributed by atoms with Crippen LogP contribution in [0.1, 0.15) is 25.6 Å². The van der Waals surface area contributed by atoms with Crippen LogP contribution in [0.25, 0.3) is 0 Å².